The van der Waals surface area contributed by atoms with Crippen molar-refractivity contribution in [3.8, 4) is 16.3 Å². The molecule has 0 unspecified atom stereocenters. The molecule has 35 heavy (non-hydrogen) atoms. The second-order valence-corrected chi connectivity index (χ2v) is 10.3. The number of halogens is 2. The second kappa shape index (κ2) is 8.80. The molecule has 1 N–H and O–H groups in total. The van der Waals surface area contributed by atoms with E-state index >= 15 is 0 Å². The first-order valence-corrected chi connectivity index (χ1v) is 12.2. The molecule has 0 radical (unpaired) electrons. The van der Waals surface area contributed by atoms with Crippen molar-refractivity contribution >= 4 is 17.2 Å². The van der Waals surface area contributed by atoms with E-state index in [2.05, 4.69) is 10.2 Å². The highest BCUT2D eigenvalue weighted by Crippen LogP contribution is 2.39. The molecule has 0 saturated carbocycles. The number of benzene rings is 1. The van der Waals surface area contributed by atoms with E-state index in [1.54, 1.807) is 15.7 Å². The maximum atomic E-state index is 14.1. The molecule has 1 amide bonds. The van der Waals surface area contributed by atoms with Crippen LogP contribution >= 0.6 is 11.3 Å². The summed E-state index contributed by atoms with van der Waals surface area (Å²) in [4.78, 5) is 28.3. The van der Waals surface area contributed by atoms with Crippen molar-refractivity contribution in [3.63, 3.8) is 0 Å². The van der Waals surface area contributed by atoms with Gasteiger partial charge in [-0.15, -0.1) is 10.2 Å². The lowest BCUT2D eigenvalue weighted by atomic mass is 9.84. The van der Waals surface area contributed by atoms with Gasteiger partial charge >= 0.3 is 0 Å². The summed E-state index contributed by atoms with van der Waals surface area (Å²) in [5, 5.41) is 19.6. The van der Waals surface area contributed by atoms with Crippen LogP contribution in [0, 0.1) is 11.6 Å². The average molecular weight is 503 g/mol. The topological polar surface area (TPSA) is 97.5 Å². The molecule has 3 aromatic rings. The smallest absolute Gasteiger partial charge is 0.275 e. The number of aromatic hydroxyl groups is 1. The number of carbonyl (C=O) groups excluding carboxylic acids is 1. The zero-order chi connectivity index (χ0) is 24.9. The summed E-state index contributed by atoms with van der Waals surface area (Å²) < 4.78 is 34.4. The molecular formula is C24H24F2N4O4S. The number of hydrogen-bond acceptors (Lipinski definition) is 7. The number of pyridine rings is 1. The number of carbonyl (C=O) groups is 1. The van der Waals surface area contributed by atoms with Crippen LogP contribution < -0.4 is 5.43 Å². The lowest BCUT2D eigenvalue weighted by molar-refractivity contribution is -0.0461. The largest absolute Gasteiger partial charge is 0.503 e. The average Bonchev–Trinajstić information content (AvgIpc) is 3.26. The van der Waals surface area contributed by atoms with Crippen LogP contribution in [0.4, 0.5) is 8.78 Å². The Morgan fingerprint density at radius 2 is 1.94 bits per heavy atom. The predicted molar refractivity (Wildman–Crippen MR) is 125 cm³/mol. The van der Waals surface area contributed by atoms with Crippen LogP contribution in [0.15, 0.2) is 29.2 Å². The van der Waals surface area contributed by atoms with Crippen molar-refractivity contribution in [3.05, 3.63) is 62.5 Å². The normalized spacial score (nSPS) is 17.3. The van der Waals surface area contributed by atoms with E-state index in [4.69, 9.17) is 4.74 Å². The first-order valence-electron chi connectivity index (χ1n) is 11.3. The fourth-order valence-corrected chi connectivity index (χ4v) is 5.94. The third kappa shape index (κ3) is 4.02. The fourth-order valence-electron chi connectivity index (χ4n) is 5.07. The molecule has 0 bridgehead atoms. The quantitative estimate of drug-likeness (QED) is 0.588. The van der Waals surface area contributed by atoms with Gasteiger partial charge in [-0.2, -0.15) is 0 Å². The molecule has 4 heterocycles. The molecule has 184 valence electrons. The number of fused-ring (bicyclic) bond motifs is 1. The highest BCUT2D eigenvalue weighted by Gasteiger charge is 2.48. The lowest BCUT2D eigenvalue weighted by Gasteiger charge is -2.51. The van der Waals surface area contributed by atoms with E-state index in [1.807, 2.05) is 13.8 Å². The molecule has 11 heteroatoms. The Labute approximate surface area is 203 Å². The monoisotopic (exact) mass is 502 g/mol. The van der Waals surface area contributed by atoms with Crippen molar-refractivity contribution in [2.24, 2.45) is 0 Å². The highest BCUT2D eigenvalue weighted by atomic mass is 32.1. The van der Waals surface area contributed by atoms with Crippen molar-refractivity contribution < 1.29 is 23.4 Å². The van der Waals surface area contributed by atoms with Crippen LogP contribution in [0.5, 0.6) is 5.75 Å². The van der Waals surface area contributed by atoms with Gasteiger partial charge in [0.05, 0.1) is 11.1 Å². The van der Waals surface area contributed by atoms with Crippen LogP contribution in [-0.2, 0) is 17.7 Å². The molecule has 1 spiro atoms. The van der Waals surface area contributed by atoms with Gasteiger partial charge in [-0.1, -0.05) is 17.4 Å². The summed E-state index contributed by atoms with van der Waals surface area (Å²) in [6.45, 7) is 5.28. The Kier molecular flexibility index (Phi) is 5.92. The molecule has 8 nitrogen and oxygen atoms in total. The number of ether oxygens (including phenoxy) is 1. The molecule has 5 rings (SSSR count). The number of aromatic nitrogens is 3. The Bertz CT molecular complexity index is 1360. The van der Waals surface area contributed by atoms with Crippen LogP contribution in [0.1, 0.15) is 47.7 Å². The molecule has 1 aromatic carbocycles. The Hall–Kier alpha value is -3.18. The van der Waals surface area contributed by atoms with Gasteiger partial charge in [0.2, 0.25) is 5.43 Å². The molecule has 0 atom stereocenters. The van der Waals surface area contributed by atoms with Gasteiger partial charge in [0.1, 0.15) is 16.6 Å². The summed E-state index contributed by atoms with van der Waals surface area (Å²) in [7, 11) is 0. The second-order valence-electron chi connectivity index (χ2n) is 9.22. The summed E-state index contributed by atoms with van der Waals surface area (Å²) in [6.07, 6.45) is 2.91. The van der Waals surface area contributed by atoms with Gasteiger partial charge in [-0.05, 0) is 38.3 Å². The molecule has 2 aromatic heterocycles. The van der Waals surface area contributed by atoms with Gasteiger partial charge in [0, 0.05) is 44.5 Å². The number of amides is 1. The maximum Gasteiger partial charge on any atom is 0.275 e. The zero-order valence-corrected chi connectivity index (χ0v) is 20.1. The summed E-state index contributed by atoms with van der Waals surface area (Å²) in [5.74, 6) is -2.38. The first-order chi connectivity index (χ1) is 16.7. The van der Waals surface area contributed by atoms with Gasteiger partial charge in [0.15, 0.2) is 16.5 Å². The summed E-state index contributed by atoms with van der Waals surface area (Å²) >= 11 is 1.08. The van der Waals surface area contributed by atoms with Gasteiger partial charge in [-0.3, -0.25) is 9.59 Å². The van der Waals surface area contributed by atoms with Crippen LogP contribution in [0.25, 0.3) is 10.6 Å². The highest BCUT2D eigenvalue weighted by molar-refractivity contribution is 7.14. The molecule has 2 aliphatic rings. The van der Waals surface area contributed by atoms with E-state index in [1.165, 1.54) is 6.07 Å². The van der Waals surface area contributed by atoms with Crippen molar-refractivity contribution in [2.45, 2.75) is 51.2 Å². The molecule has 1 saturated heterocycles. The van der Waals surface area contributed by atoms with E-state index in [9.17, 15) is 23.5 Å². The Morgan fingerprint density at radius 1 is 1.20 bits per heavy atom. The van der Waals surface area contributed by atoms with Crippen molar-refractivity contribution in [2.75, 3.05) is 13.2 Å². The predicted octanol–water partition coefficient (Wildman–Crippen LogP) is 3.35. The van der Waals surface area contributed by atoms with Gasteiger partial charge in [-0.25, -0.2) is 8.78 Å². The van der Waals surface area contributed by atoms with Crippen molar-refractivity contribution in [1.29, 1.82) is 0 Å². The standard InChI is InChI=1S/C24H24F2N4O4S/c1-13(2)30-23(33)19-21(32)20(31)16(11-29(19)12-24(30)5-7-34-8-6-24)22-28-27-18(35-22)9-14-3-4-15(25)10-17(14)26/h3-4,10-11,13,32H,5-9,12H2,1-2H3. The molecular weight excluding hydrogens is 478 g/mol. The van der Waals surface area contributed by atoms with E-state index in [-0.39, 0.29) is 40.2 Å². The minimum atomic E-state index is -0.716. The van der Waals surface area contributed by atoms with E-state index in [0.717, 1.165) is 23.5 Å². The van der Waals surface area contributed by atoms with Crippen LogP contribution in [-0.4, -0.2) is 55.5 Å². The molecule has 0 aliphatic carbocycles. The first kappa shape index (κ1) is 23.6. The molecule has 2 aliphatic heterocycles. The summed E-state index contributed by atoms with van der Waals surface area (Å²) in [5.41, 5.74) is -0.876. The maximum absolute atomic E-state index is 14.1. The van der Waals surface area contributed by atoms with E-state index < -0.39 is 28.4 Å². The summed E-state index contributed by atoms with van der Waals surface area (Å²) in [6, 6.07) is 3.18. The number of nitrogens with zero attached hydrogens (tertiary/aromatic N) is 4. The minimum Gasteiger partial charge on any atom is -0.503 e. The lowest BCUT2D eigenvalue weighted by Crippen LogP contribution is -2.63. The minimum absolute atomic E-state index is 0.0392. The number of hydrogen-bond donors (Lipinski definition) is 1. The number of rotatable bonds is 4. The molecule has 1 fully saturated rings. The van der Waals surface area contributed by atoms with Gasteiger partial charge in [0.25, 0.3) is 5.91 Å². The Morgan fingerprint density at radius 3 is 2.63 bits per heavy atom. The zero-order valence-electron chi connectivity index (χ0n) is 19.3. The van der Waals surface area contributed by atoms with Crippen molar-refractivity contribution in [1.82, 2.24) is 19.7 Å². The SMILES string of the molecule is CC(C)N1C(=O)c2c(O)c(=O)c(-c3nnc(Cc4ccc(F)cc4F)s3)cn2CC12CCOCC2. The van der Waals surface area contributed by atoms with Crippen LogP contribution in [0.3, 0.4) is 0 Å². The van der Waals surface area contributed by atoms with E-state index in [0.29, 0.717) is 37.6 Å². The fraction of sp³-hybridized carbons (Fsp3) is 0.417. The van der Waals surface area contributed by atoms with Crippen LogP contribution in [0.2, 0.25) is 0 Å². The Balaban J connectivity index is 1.54. The van der Waals surface area contributed by atoms with Gasteiger partial charge < -0.3 is 19.3 Å². The third-order valence-corrected chi connectivity index (χ3v) is 7.60. The third-order valence-electron chi connectivity index (χ3n) is 6.65.